The largest absolute Gasteiger partial charge is 0.506 e. The molecule has 2 aromatic carbocycles. The Labute approximate surface area is 161 Å². The number of aromatic hydroxyl groups is 1. The van der Waals surface area contributed by atoms with Crippen molar-refractivity contribution in [2.45, 2.75) is 63.2 Å². The molecule has 0 bridgehead atoms. The summed E-state index contributed by atoms with van der Waals surface area (Å²) in [5.41, 5.74) is 1.25. The first-order chi connectivity index (χ1) is 12.9. The predicted molar refractivity (Wildman–Crippen MR) is 106 cm³/mol. The van der Waals surface area contributed by atoms with Gasteiger partial charge >= 0.3 is 0 Å². The molecule has 0 saturated carbocycles. The minimum absolute atomic E-state index is 0.291. The molecule has 5 nitrogen and oxygen atoms in total. The molecule has 0 aliphatic carbocycles. The Kier molecular flexibility index (Phi) is 8.13. The highest BCUT2D eigenvalue weighted by molar-refractivity contribution is 7.86. The molecule has 0 atom stereocenters. The van der Waals surface area contributed by atoms with Crippen LogP contribution in [0.15, 0.2) is 47.4 Å². The lowest BCUT2D eigenvalue weighted by molar-refractivity contribution is 0.433. The molecule has 0 aliphatic heterocycles. The second-order valence-corrected chi connectivity index (χ2v) is 8.11. The van der Waals surface area contributed by atoms with E-state index in [2.05, 4.69) is 6.92 Å². The highest BCUT2D eigenvalue weighted by Gasteiger charge is 2.15. The van der Waals surface area contributed by atoms with Crippen LogP contribution in [0.4, 0.5) is 0 Å². The lowest BCUT2D eigenvalue weighted by atomic mass is 10.0. The Balaban J connectivity index is 1.83. The van der Waals surface area contributed by atoms with Gasteiger partial charge in [-0.15, -0.1) is 0 Å². The molecule has 0 aliphatic rings. The van der Waals surface area contributed by atoms with Crippen molar-refractivity contribution in [3.8, 4) is 17.2 Å². The Morgan fingerprint density at radius 2 is 1.44 bits per heavy atom. The highest BCUT2D eigenvalue weighted by Crippen LogP contribution is 2.30. The quantitative estimate of drug-likeness (QED) is 0.377. The molecular formula is C21H28O5S. The van der Waals surface area contributed by atoms with Gasteiger partial charge in [-0.3, -0.25) is 4.55 Å². The van der Waals surface area contributed by atoms with Crippen molar-refractivity contribution in [3.63, 3.8) is 0 Å². The van der Waals surface area contributed by atoms with E-state index in [-0.39, 0.29) is 0 Å². The van der Waals surface area contributed by atoms with Crippen LogP contribution in [0.1, 0.15) is 57.4 Å². The van der Waals surface area contributed by atoms with Crippen LogP contribution >= 0.6 is 0 Å². The molecule has 27 heavy (non-hydrogen) atoms. The first-order valence-electron chi connectivity index (χ1n) is 9.47. The van der Waals surface area contributed by atoms with Gasteiger partial charge in [-0.1, -0.05) is 57.6 Å². The van der Waals surface area contributed by atoms with Crippen molar-refractivity contribution in [2.75, 3.05) is 0 Å². The third-order valence-corrected chi connectivity index (χ3v) is 5.34. The van der Waals surface area contributed by atoms with E-state index in [9.17, 15) is 13.5 Å². The number of phenolic OH excluding ortho intramolecular Hbond substituents is 1. The number of benzene rings is 2. The van der Waals surface area contributed by atoms with Crippen LogP contribution in [0, 0.1) is 0 Å². The molecular weight excluding hydrogens is 364 g/mol. The summed E-state index contributed by atoms with van der Waals surface area (Å²) in [6, 6.07) is 11.4. The molecule has 0 spiro atoms. The van der Waals surface area contributed by atoms with Gasteiger partial charge in [0.2, 0.25) is 0 Å². The summed E-state index contributed by atoms with van der Waals surface area (Å²) < 4.78 is 36.8. The van der Waals surface area contributed by atoms with Crippen LogP contribution in [-0.2, 0) is 16.5 Å². The van der Waals surface area contributed by atoms with Crippen molar-refractivity contribution < 1.29 is 22.8 Å². The molecule has 0 unspecified atom stereocenters. The molecule has 2 N–H and O–H groups in total. The summed E-state index contributed by atoms with van der Waals surface area (Å²) in [7, 11) is -4.45. The number of aryl methyl sites for hydroxylation is 1. The van der Waals surface area contributed by atoms with Gasteiger partial charge in [-0.25, -0.2) is 0 Å². The van der Waals surface area contributed by atoms with E-state index in [1.54, 1.807) is 0 Å². The molecule has 6 heteroatoms. The standard InChI is InChI=1S/C21H28O5S/c1-2-3-4-5-6-7-8-9-17-10-12-18(13-11-17)26-19-14-15-21(20(22)16-19)27(23,24)25/h10-16,22H,2-9H2,1H3,(H,23,24,25). The Hall–Kier alpha value is -2.05. The fourth-order valence-electron chi connectivity index (χ4n) is 2.93. The van der Waals surface area contributed by atoms with E-state index < -0.39 is 20.8 Å². The summed E-state index contributed by atoms with van der Waals surface area (Å²) in [6.07, 6.45) is 10.0. The second kappa shape index (κ2) is 10.3. The number of ether oxygens (including phenoxy) is 1. The van der Waals surface area contributed by atoms with Gasteiger partial charge in [0, 0.05) is 6.07 Å². The third kappa shape index (κ3) is 7.23. The summed E-state index contributed by atoms with van der Waals surface area (Å²) in [6.45, 7) is 2.23. The molecule has 2 aromatic rings. The zero-order valence-electron chi connectivity index (χ0n) is 15.7. The van der Waals surface area contributed by atoms with Crippen molar-refractivity contribution in [1.82, 2.24) is 0 Å². The molecule has 0 amide bonds. The average molecular weight is 393 g/mol. The summed E-state index contributed by atoms with van der Waals surface area (Å²) >= 11 is 0. The lowest BCUT2D eigenvalue weighted by Gasteiger charge is -2.09. The van der Waals surface area contributed by atoms with E-state index in [0.29, 0.717) is 11.5 Å². The van der Waals surface area contributed by atoms with E-state index >= 15 is 0 Å². The first-order valence-corrected chi connectivity index (χ1v) is 10.9. The van der Waals surface area contributed by atoms with Crippen LogP contribution in [0.25, 0.3) is 0 Å². The van der Waals surface area contributed by atoms with Crippen molar-refractivity contribution in [2.24, 2.45) is 0 Å². The van der Waals surface area contributed by atoms with Crippen LogP contribution in [0.2, 0.25) is 0 Å². The minimum Gasteiger partial charge on any atom is -0.506 e. The maximum Gasteiger partial charge on any atom is 0.298 e. The monoisotopic (exact) mass is 392 g/mol. The SMILES string of the molecule is CCCCCCCCCc1ccc(Oc2ccc(S(=O)(=O)O)c(O)c2)cc1. The zero-order valence-corrected chi connectivity index (χ0v) is 16.5. The average Bonchev–Trinajstić information content (AvgIpc) is 2.61. The van der Waals surface area contributed by atoms with Crippen LogP contribution < -0.4 is 4.74 Å². The zero-order chi connectivity index (χ0) is 19.7. The molecule has 0 fully saturated rings. The van der Waals surface area contributed by atoms with Gasteiger partial charge in [0.15, 0.2) is 0 Å². The fourth-order valence-corrected chi connectivity index (χ4v) is 3.49. The maximum atomic E-state index is 11.1. The molecule has 0 saturated heterocycles. The van der Waals surface area contributed by atoms with Crippen LogP contribution in [0.3, 0.4) is 0 Å². The number of phenols is 1. The topological polar surface area (TPSA) is 83.8 Å². The Morgan fingerprint density at radius 1 is 0.852 bits per heavy atom. The Bertz CT molecular complexity index is 813. The van der Waals surface area contributed by atoms with Gasteiger partial charge in [0.1, 0.15) is 22.1 Å². The highest BCUT2D eigenvalue weighted by atomic mass is 32.2. The maximum absolute atomic E-state index is 11.1. The molecule has 0 aromatic heterocycles. The normalized spacial score (nSPS) is 11.5. The molecule has 148 valence electrons. The van der Waals surface area contributed by atoms with E-state index in [4.69, 9.17) is 9.29 Å². The van der Waals surface area contributed by atoms with Gasteiger partial charge in [-0.2, -0.15) is 8.42 Å². The summed E-state index contributed by atoms with van der Waals surface area (Å²) in [5.74, 6) is 0.336. The summed E-state index contributed by atoms with van der Waals surface area (Å²) in [4.78, 5) is -0.542. The van der Waals surface area contributed by atoms with Crippen molar-refractivity contribution in [1.29, 1.82) is 0 Å². The lowest BCUT2D eigenvalue weighted by Crippen LogP contribution is -1.98. The third-order valence-electron chi connectivity index (χ3n) is 4.44. The van der Waals surface area contributed by atoms with Crippen LogP contribution in [0.5, 0.6) is 17.2 Å². The van der Waals surface area contributed by atoms with Gasteiger partial charge < -0.3 is 9.84 Å². The fraction of sp³-hybridized carbons (Fsp3) is 0.429. The number of hydrogen-bond acceptors (Lipinski definition) is 4. The van der Waals surface area contributed by atoms with Crippen molar-refractivity contribution >= 4 is 10.1 Å². The Morgan fingerprint density at radius 3 is 2.04 bits per heavy atom. The van der Waals surface area contributed by atoms with Gasteiger partial charge in [0.05, 0.1) is 0 Å². The molecule has 0 heterocycles. The smallest absolute Gasteiger partial charge is 0.298 e. The van der Waals surface area contributed by atoms with Gasteiger partial charge in [-0.05, 0) is 42.7 Å². The number of rotatable bonds is 11. The molecule has 0 radical (unpaired) electrons. The van der Waals surface area contributed by atoms with E-state index in [1.807, 2.05) is 24.3 Å². The number of hydrogen-bond donors (Lipinski definition) is 2. The predicted octanol–water partition coefficient (Wildman–Crippen LogP) is 5.72. The van der Waals surface area contributed by atoms with Crippen LogP contribution in [-0.4, -0.2) is 18.1 Å². The minimum atomic E-state index is -4.45. The number of unbranched alkanes of at least 4 members (excludes halogenated alkanes) is 6. The first kappa shape index (κ1) is 21.3. The summed E-state index contributed by atoms with van der Waals surface area (Å²) in [5, 5.41) is 9.72. The second-order valence-electron chi connectivity index (χ2n) is 6.72. The van der Waals surface area contributed by atoms with Gasteiger partial charge in [0.25, 0.3) is 10.1 Å². The van der Waals surface area contributed by atoms with E-state index in [1.165, 1.54) is 56.6 Å². The van der Waals surface area contributed by atoms with E-state index in [0.717, 1.165) is 18.6 Å². The van der Waals surface area contributed by atoms with Crippen molar-refractivity contribution in [3.05, 3.63) is 48.0 Å². The molecule has 2 rings (SSSR count).